The van der Waals surface area contributed by atoms with Crippen LogP contribution in [0.3, 0.4) is 0 Å². The lowest BCUT2D eigenvalue weighted by Gasteiger charge is -2.05. The van der Waals surface area contributed by atoms with Gasteiger partial charge in [0.15, 0.2) is 5.78 Å². The van der Waals surface area contributed by atoms with Crippen LogP contribution in [-0.2, 0) is 4.74 Å². The molecule has 0 radical (unpaired) electrons. The van der Waals surface area contributed by atoms with Crippen molar-refractivity contribution in [1.29, 1.82) is 0 Å². The first-order chi connectivity index (χ1) is 6.69. The number of methoxy groups -OCH3 is 2. The van der Waals surface area contributed by atoms with E-state index in [0.29, 0.717) is 16.3 Å². The van der Waals surface area contributed by atoms with Crippen LogP contribution in [0, 0.1) is 0 Å². The highest BCUT2D eigenvalue weighted by Gasteiger charge is 2.08. The van der Waals surface area contributed by atoms with Crippen LogP contribution in [0.15, 0.2) is 18.2 Å². The predicted octanol–water partition coefficient (Wildman–Crippen LogP) is 2.18. The normalized spacial score (nSPS) is 9.93. The Morgan fingerprint density at radius 2 is 2.14 bits per heavy atom. The average molecular weight is 215 g/mol. The molecule has 0 bridgehead atoms. The van der Waals surface area contributed by atoms with Crippen LogP contribution in [0.5, 0.6) is 5.75 Å². The van der Waals surface area contributed by atoms with Crippen LogP contribution in [0.2, 0.25) is 5.02 Å². The predicted molar refractivity (Wildman–Crippen MR) is 54.2 cm³/mol. The molecular weight excluding hydrogens is 204 g/mol. The van der Waals surface area contributed by atoms with Crippen molar-refractivity contribution in [3.63, 3.8) is 0 Å². The van der Waals surface area contributed by atoms with Crippen LogP contribution in [0.25, 0.3) is 0 Å². The number of benzene rings is 1. The first-order valence-corrected chi connectivity index (χ1v) is 4.42. The number of halogens is 1. The highest BCUT2D eigenvalue weighted by atomic mass is 35.5. The third-order valence-corrected chi connectivity index (χ3v) is 2.06. The fourth-order valence-corrected chi connectivity index (χ4v) is 1.24. The van der Waals surface area contributed by atoms with Gasteiger partial charge in [0, 0.05) is 12.7 Å². The fraction of sp³-hybridized carbons (Fsp3) is 0.300. The maximum absolute atomic E-state index is 11.4. The molecule has 0 aliphatic heterocycles. The van der Waals surface area contributed by atoms with Gasteiger partial charge in [-0.15, -0.1) is 0 Å². The number of ether oxygens (including phenoxy) is 2. The molecule has 0 saturated carbocycles. The summed E-state index contributed by atoms with van der Waals surface area (Å²) in [6.45, 7) is 0.0603. The highest BCUT2D eigenvalue weighted by molar-refractivity contribution is 6.32. The molecule has 0 spiro atoms. The van der Waals surface area contributed by atoms with Gasteiger partial charge >= 0.3 is 0 Å². The molecule has 0 unspecified atom stereocenters. The molecule has 1 aromatic carbocycles. The van der Waals surface area contributed by atoms with E-state index in [4.69, 9.17) is 21.1 Å². The molecule has 4 heteroatoms. The molecule has 0 aliphatic carbocycles. The van der Waals surface area contributed by atoms with Crippen LogP contribution < -0.4 is 4.74 Å². The Morgan fingerprint density at radius 1 is 1.43 bits per heavy atom. The van der Waals surface area contributed by atoms with E-state index >= 15 is 0 Å². The van der Waals surface area contributed by atoms with E-state index in [-0.39, 0.29) is 12.4 Å². The fourth-order valence-electron chi connectivity index (χ4n) is 1.05. The minimum Gasteiger partial charge on any atom is -0.495 e. The second kappa shape index (κ2) is 4.98. The van der Waals surface area contributed by atoms with Crippen LogP contribution in [0.1, 0.15) is 10.4 Å². The van der Waals surface area contributed by atoms with E-state index in [2.05, 4.69) is 0 Å². The van der Waals surface area contributed by atoms with Gasteiger partial charge in [0.2, 0.25) is 0 Å². The summed E-state index contributed by atoms with van der Waals surface area (Å²) in [4.78, 5) is 11.4. The lowest BCUT2D eigenvalue weighted by atomic mass is 10.1. The molecule has 0 saturated heterocycles. The van der Waals surface area contributed by atoms with Gasteiger partial charge in [-0.3, -0.25) is 4.79 Å². The quantitative estimate of drug-likeness (QED) is 0.721. The van der Waals surface area contributed by atoms with E-state index < -0.39 is 0 Å². The summed E-state index contributed by atoms with van der Waals surface area (Å²) >= 11 is 5.81. The lowest BCUT2D eigenvalue weighted by molar-refractivity contribution is 0.0847. The Morgan fingerprint density at radius 3 is 2.71 bits per heavy atom. The van der Waals surface area contributed by atoms with E-state index in [9.17, 15) is 4.79 Å². The van der Waals surface area contributed by atoms with E-state index in [0.717, 1.165) is 0 Å². The van der Waals surface area contributed by atoms with Gasteiger partial charge in [0.1, 0.15) is 12.4 Å². The van der Waals surface area contributed by atoms with Crippen molar-refractivity contribution in [1.82, 2.24) is 0 Å². The largest absolute Gasteiger partial charge is 0.495 e. The number of Topliss-reactive ketones (excluding diaryl/α,β-unsaturated/α-hetero) is 1. The zero-order valence-corrected chi connectivity index (χ0v) is 8.80. The summed E-state index contributed by atoms with van der Waals surface area (Å²) in [6.07, 6.45) is 0. The van der Waals surface area contributed by atoms with Crippen molar-refractivity contribution in [3.05, 3.63) is 28.8 Å². The van der Waals surface area contributed by atoms with Gasteiger partial charge in [-0.2, -0.15) is 0 Å². The van der Waals surface area contributed by atoms with Gasteiger partial charge in [0.05, 0.1) is 12.1 Å². The molecule has 1 rings (SSSR count). The third-order valence-electron chi connectivity index (χ3n) is 1.75. The standard InChI is InChI=1S/C10H11ClO3/c1-13-6-9(12)7-3-4-8(11)10(5-7)14-2/h3-5H,6H2,1-2H3. The Bertz CT molecular complexity index is 336. The molecule has 0 N–H and O–H groups in total. The number of hydrogen-bond acceptors (Lipinski definition) is 3. The van der Waals surface area contributed by atoms with E-state index in [1.165, 1.54) is 14.2 Å². The number of ketones is 1. The minimum absolute atomic E-state index is 0.0603. The van der Waals surface area contributed by atoms with E-state index in [1.807, 2.05) is 0 Å². The molecular formula is C10H11ClO3. The number of rotatable bonds is 4. The van der Waals surface area contributed by atoms with Crippen molar-refractivity contribution in [2.45, 2.75) is 0 Å². The Labute approximate surface area is 87.6 Å². The molecule has 3 nitrogen and oxygen atoms in total. The van der Waals surface area contributed by atoms with Crippen molar-refractivity contribution in [3.8, 4) is 5.75 Å². The summed E-state index contributed by atoms with van der Waals surface area (Å²) in [5.41, 5.74) is 0.535. The first kappa shape index (κ1) is 11.0. The molecule has 0 heterocycles. The number of carbonyl (C=O) groups excluding carboxylic acids is 1. The number of carbonyl (C=O) groups is 1. The molecule has 0 fully saturated rings. The molecule has 76 valence electrons. The first-order valence-electron chi connectivity index (χ1n) is 4.04. The highest BCUT2D eigenvalue weighted by Crippen LogP contribution is 2.25. The van der Waals surface area contributed by atoms with Crippen LogP contribution >= 0.6 is 11.6 Å². The van der Waals surface area contributed by atoms with Gasteiger partial charge in [-0.25, -0.2) is 0 Å². The zero-order chi connectivity index (χ0) is 10.6. The lowest BCUT2D eigenvalue weighted by Crippen LogP contribution is -2.06. The minimum atomic E-state index is -0.0949. The molecule has 1 aromatic rings. The third kappa shape index (κ3) is 2.47. The van der Waals surface area contributed by atoms with Crippen molar-refractivity contribution < 1.29 is 14.3 Å². The summed E-state index contributed by atoms with van der Waals surface area (Å²) in [5.74, 6) is 0.399. The van der Waals surface area contributed by atoms with Crippen molar-refractivity contribution in [2.24, 2.45) is 0 Å². The van der Waals surface area contributed by atoms with E-state index in [1.54, 1.807) is 18.2 Å². The molecule has 0 atom stereocenters. The molecule has 14 heavy (non-hydrogen) atoms. The maximum Gasteiger partial charge on any atom is 0.188 e. The SMILES string of the molecule is COCC(=O)c1ccc(Cl)c(OC)c1. The van der Waals surface area contributed by atoms with Crippen molar-refractivity contribution in [2.75, 3.05) is 20.8 Å². The molecule has 0 aromatic heterocycles. The second-order valence-corrected chi connectivity index (χ2v) is 3.11. The zero-order valence-electron chi connectivity index (χ0n) is 8.04. The van der Waals surface area contributed by atoms with Crippen molar-refractivity contribution >= 4 is 17.4 Å². The summed E-state index contributed by atoms with van der Waals surface area (Å²) in [5, 5.41) is 0.487. The smallest absolute Gasteiger partial charge is 0.188 e. The monoisotopic (exact) mass is 214 g/mol. The van der Waals surface area contributed by atoms with Gasteiger partial charge in [-0.1, -0.05) is 11.6 Å². The van der Waals surface area contributed by atoms with Gasteiger partial charge in [0.25, 0.3) is 0 Å². The topological polar surface area (TPSA) is 35.5 Å². The summed E-state index contributed by atoms with van der Waals surface area (Å²) < 4.78 is 9.73. The summed E-state index contributed by atoms with van der Waals surface area (Å²) in [7, 11) is 2.98. The Hall–Kier alpha value is -1.06. The van der Waals surface area contributed by atoms with Gasteiger partial charge < -0.3 is 9.47 Å². The Kier molecular flexibility index (Phi) is 3.92. The number of hydrogen-bond donors (Lipinski definition) is 0. The average Bonchev–Trinajstić information content (AvgIpc) is 2.19. The van der Waals surface area contributed by atoms with Crippen LogP contribution in [-0.4, -0.2) is 26.6 Å². The van der Waals surface area contributed by atoms with Crippen LogP contribution in [0.4, 0.5) is 0 Å². The van der Waals surface area contributed by atoms with Gasteiger partial charge in [-0.05, 0) is 18.2 Å². The molecule has 0 aliphatic rings. The Balaban J connectivity index is 2.94. The maximum atomic E-state index is 11.4. The molecule has 0 amide bonds. The second-order valence-electron chi connectivity index (χ2n) is 2.71. The summed E-state index contributed by atoms with van der Waals surface area (Å²) in [6, 6.07) is 4.87.